The van der Waals surface area contributed by atoms with Crippen LogP contribution >= 0.6 is 39.1 Å². The molecule has 1 aromatic carbocycles. The van der Waals surface area contributed by atoms with Gasteiger partial charge in [0.2, 0.25) is 10.0 Å². The molecule has 1 N–H and O–H groups in total. The standard InChI is InChI=1S/C11H12BrCl2NO4S2/c12-7-4-9(13)11(10(14)5-7)21(18,19)15-6-8-2-1-3-20(8,16)17/h4-5,8,15H,1-3,6H2. The van der Waals surface area contributed by atoms with Gasteiger partial charge in [0, 0.05) is 11.0 Å². The minimum Gasteiger partial charge on any atom is -0.229 e. The second-order valence-electron chi connectivity index (χ2n) is 4.68. The Morgan fingerprint density at radius 1 is 1.29 bits per heavy atom. The maximum absolute atomic E-state index is 12.3. The average molecular weight is 437 g/mol. The molecule has 2 rings (SSSR count). The zero-order chi connectivity index (χ0) is 15.8. The fourth-order valence-electron chi connectivity index (χ4n) is 2.15. The van der Waals surface area contributed by atoms with Crippen LogP contribution in [0.15, 0.2) is 21.5 Å². The first-order chi connectivity index (χ1) is 9.63. The summed E-state index contributed by atoms with van der Waals surface area (Å²) in [6, 6.07) is 2.82. The van der Waals surface area contributed by atoms with Crippen molar-refractivity contribution in [1.82, 2.24) is 4.72 Å². The second-order valence-corrected chi connectivity index (χ2v) is 10.5. The maximum atomic E-state index is 12.3. The van der Waals surface area contributed by atoms with E-state index in [-0.39, 0.29) is 27.2 Å². The van der Waals surface area contributed by atoms with E-state index in [1.807, 2.05) is 0 Å². The summed E-state index contributed by atoms with van der Waals surface area (Å²) >= 11 is 15.0. The molecule has 10 heteroatoms. The smallest absolute Gasteiger partial charge is 0.229 e. The Morgan fingerprint density at radius 3 is 2.33 bits per heavy atom. The van der Waals surface area contributed by atoms with Crippen LogP contribution in [0.1, 0.15) is 12.8 Å². The van der Waals surface area contributed by atoms with E-state index in [0.717, 1.165) is 0 Å². The molecule has 1 aliphatic heterocycles. The summed E-state index contributed by atoms with van der Waals surface area (Å²) in [7, 11) is -7.19. The Balaban J connectivity index is 2.24. The number of hydrogen-bond acceptors (Lipinski definition) is 4. The first kappa shape index (κ1) is 17.5. The third-order valence-corrected chi connectivity index (χ3v) is 8.27. The summed E-state index contributed by atoms with van der Waals surface area (Å²) in [4.78, 5) is -0.246. The Labute approximate surface area is 142 Å². The van der Waals surface area contributed by atoms with Gasteiger partial charge in [0.05, 0.1) is 21.0 Å². The number of sulfonamides is 1. The van der Waals surface area contributed by atoms with Gasteiger partial charge in [0.1, 0.15) is 4.90 Å². The number of halogens is 3. The van der Waals surface area contributed by atoms with Crippen LogP contribution in [0.4, 0.5) is 0 Å². The molecule has 0 bridgehead atoms. The van der Waals surface area contributed by atoms with Gasteiger partial charge >= 0.3 is 0 Å². The molecule has 1 aromatic rings. The van der Waals surface area contributed by atoms with Crippen LogP contribution in [0.5, 0.6) is 0 Å². The van der Waals surface area contributed by atoms with Gasteiger partial charge in [-0.05, 0) is 25.0 Å². The summed E-state index contributed by atoms with van der Waals surface area (Å²) < 4.78 is 50.8. The lowest BCUT2D eigenvalue weighted by molar-refractivity contribution is 0.571. The Kier molecular flexibility index (Phi) is 5.27. The minimum absolute atomic E-state index is 0.0313. The van der Waals surface area contributed by atoms with Crippen LogP contribution < -0.4 is 4.72 Å². The van der Waals surface area contributed by atoms with E-state index in [0.29, 0.717) is 17.3 Å². The van der Waals surface area contributed by atoms with Gasteiger partial charge < -0.3 is 0 Å². The molecular formula is C11H12BrCl2NO4S2. The highest BCUT2D eigenvalue weighted by molar-refractivity contribution is 9.10. The normalized spacial score (nSPS) is 21.6. The van der Waals surface area contributed by atoms with Crippen LogP contribution in [-0.4, -0.2) is 34.4 Å². The molecule has 0 amide bonds. The molecule has 0 radical (unpaired) electrons. The Morgan fingerprint density at radius 2 is 1.86 bits per heavy atom. The quantitative estimate of drug-likeness (QED) is 0.786. The van der Waals surface area contributed by atoms with E-state index < -0.39 is 25.1 Å². The summed E-state index contributed by atoms with van der Waals surface area (Å²) in [6.07, 6.45) is 1.00. The van der Waals surface area contributed by atoms with E-state index in [1.54, 1.807) is 0 Å². The second kappa shape index (κ2) is 6.33. The zero-order valence-corrected chi connectivity index (χ0v) is 15.4. The third kappa shape index (κ3) is 3.92. The van der Waals surface area contributed by atoms with E-state index in [2.05, 4.69) is 20.7 Å². The molecule has 1 heterocycles. The van der Waals surface area contributed by atoms with E-state index >= 15 is 0 Å². The van der Waals surface area contributed by atoms with Crippen molar-refractivity contribution in [3.8, 4) is 0 Å². The number of hydrogen-bond donors (Lipinski definition) is 1. The van der Waals surface area contributed by atoms with E-state index in [9.17, 15) is 16.8 Å². The molecule has 1 saturated heterocycles. The van der Waals surface area contributed by atoms with Crippen molar-refractivity contribution >= 4 is 59.0 Å². The number of nitrogens with one attached hydrogen (secondary N) is 1. The SMILES string of the molecule is O=S(=O)(NCC1CCCS1(=O)=O)c1c(Cl)cc(Br)cc1Cl. The molecule has 1 aliphatic rings. The highest BCUT2D eigenvalue weighted by atomic mass is 79.9. The molecule has 21 heavy (non-hydrogen) atoms. The minimum atomic E-state index is -3.98. The number of sulfone groups is 1. The van der Waals surface area contributed by atoms with Gasteiger partial charge in [-0.15, -0.1) is 0 Å². The van der Waals surface area contributed by atoms with Gasteiger partial charge in [-0.2, -0.15) is 0 Å². The van der Waals surface area contributed by atoms with Crippen molar-refractivity contribution in [1.29, 1.82) is 0 Å². The fraction of sp³-hybridized carbons (Fsp3) is 0.455. The van der Waals surface area contributed by atoms with E-state index in [1.165, 1.54) is 12.1 Å². The van der Waals surface area contributed by atoms with Crippen molar-refractivity contribution in [2.75, 3.05) is 12.3 Å². The van der Waals surface area contributed by atoms with Crippen molar-refractivity contribution in [3.05, 3.63) is 26.7 Å². The van der Waals surface area contributed by atoms with Crippen LogP contribution in [0.25, 0.3) is 0 Å². The molecule has 1 atom stereocenters. The largest absolute Gasteiger partial charge is 0.243 e. The van der Waals surface area contributed by atoms with Crippen molar-refractivity contribution in [2.24, 2.45) is 0 Å². The Bertz CT molecular complexity index is 741. The molecule has 118 valence electrons. The molecule has 0 spiro atoms. The highest BCUT2D eigenvalue weighted by Crippen LogP contribution is 2.32. The summed E-state index contributed by atoms with van der Waals surface area (Å²) in [5.74, 6) is 0.0964. The van der Waals surface area contributed by atoms with Gasteiger partial charge in [-0.3, -0.25) is 0 Å². The number of benzene rings is 1. The first-order valence-electron chi connectivity index (χ1n) is 5.99. The predicted octanol–water partition coefficient (Wildman–Crippen LogP) is 2.61. The van der Waals surface area contributed by atoms with Crippen LogP contribution in [0.3, 0.4) is 0 Å². The lowest BCUT2D eigenvalue weighted by Gasteiger charge is -2.13. The van der Waals surface area contributed by atoms with Crippen molar-refractivity contribution < 1.29 is 16.8 Å². The lowest BCUT2D eigenvalue weighted by Crippen LogP contribution is -2.34. The van der Waals surface area contributed by atoms with E-state index in [4.69, 9.17) is 23.2 Å². The van der Waals surface area contributed by atoms with Crippen molar-refractivity contribution in [3.63, 3.8) is 0 Å². The molecule has 0 aromatic heterocycles. The molecule has 0 aliphatic carbocycles. The third-order valence-electron chi connectivity index (χ3n) is 3.20. The summed E-state index contributed by atoms with van der Waals surface area (Å²) in [6.45, 7) is -0.173. The highest BCUT2D eigenvalue weighted by Gasteiger charge is 2.33. The monoisotopic (exact) mass is 435 g/mol. The van der Waals surface area contributed by atoms with Crippen molar-refractivity contribution in [2.45, 2.75) is 23.0 Å². The first-order valence-corrected chi connectivity index (χ1v) is 10.7. The lowest BCUT2D eigenvalue weighted by atomic mass is 10.2. The van der Waals surface area contributed by atoms with Gasteiger partial charge in [0.25, 0.3) is 0 Å². The van der Waals surface area contributed by atoms with Crippen LogP contribution in [0, 0.1) is 0 Å². The average Bonchev–Trinajstić information content (AvgIpc) is 2.64. The van der Waals surface area contributed by atoms with Crippen LogP contribution in [0.2, 0.25) is 10.0 Å². The Hall–Kier alpha value is 0.140. The maximum Gasteiger partial charge on any atom is 0.243 e. The summed E-state index contributed by atoms with van der Waals surface area (Å²) in [5, 5.41) is -0.757. The number of rotatable bonds is 4. The topological polar surface area (TPSA) is 80.3 Å². The van der Waals surface area contributed by atoms with Gasteiger partial charge in [0.15, 0.2) is 9.84 Å². The zero-order valence-electron chi connectivity index (χ0n) is 10.6. The summed E-state index contributed by atoms with van der Waals surface area (Å²) in [5.41, 5.74) is 0. The van der Waals surface area contributed by atoms with Gasteiger partial charge in [-0.1, -0.05) is 39.1 Å². The fourth-order valence-corrected chi connectivity index (χ4v) is 7.03. The molecule has 0 saturated carbocycles. The molecule has 1 fully saturated rings. The van der Waals surface area contributed by atoms with Crippen LogP contribution in [-0.2, 0) is 19.9 Å². The molecule has 5 nitrogen and oxygen atoms in total. The molecular weight excluding hydrogens is 425 g/mol. The van der Waals surface area contributed by atoms with Gasteiger partial charge in [-0.25, -0.2) is 21.6 Å². The molecule has 1 unspecified atom stereocenters. The predicted molar refractivity (Wildman–Crippen MR) is 86.2 cm³/mol.